The first kappa shape index (κ1) is 32.6. The zero-order valence-electron chi connectivity index (χ0n) is 25.7. The van der Waals surface area contributed by atoms with Crippen LogP contribution in [0.5, 0.6) is 11.5 Å². The minimum Gasteiger partial charge on any atom is -0.495 e. The van der Waals surface area contributed by atoms with Crippen LogP contribution < -0.4 is 34.8 Å². The van der Waals surface area contributed by atoms with Crippen molar-refractivity contribution in [3.63, 3.8) is 0 Å². The van der Waals surface area contributed by atoms with Crippen molar-refractivity contribution < 1.29 is 14.3 Å². The number of halogens is 2. The Labute approximate surface area is 278 Å². The van der Waals surface area contributed by atoms with Gasteiger partial charge in [-0.05, 0) is 50.0 Å². The second-order valence-electron chi connectivity index (χ2n) is 10.4. The number of aromatic nitrogens is 2. The lowest BCUT2D eigenvalue weighted by Gasteiger charge is -2.39. The van der Waals surface area contributed by atoms with Gasteiger partial charge < -0.3 is 39.7 Å². The van der Waals surface area contributed by atoms with E-state index in [0.717, 1.165) is 44.0 Å². The van der Waals surface area contributed by atoms with Gasteiger partial charge >= 0.3 is 0 Å². The summed E-state index contributed by atoms with van der Waals surface area (Å²) in [5.41, 5.74) is 3.56. The Balaban J connectivity index is 1.46. The zero-order valence-corrected chi connectivity index (χ0v) is 28.0. The molecule has 1 saturated heterocycles. The summed E-state index contributed by atoms with van der Waals surface area (Å²) in [6, 6.07) is 7.56. The van der Waals surface area contributed by atoms with Gasteiger partial charge in [-0.2, -0.15) is 4.98 Å². The molecular weight excluding hydrogens is 635 g/mol. The van der Waals surface area contributed by atoms with Crippen LogP contribution in [0.4, 0.5) is 34.5 Å². The quantitative estimate of drug-likeness (QED) is 0.198. The minimum atomic E-state index is -0.313. The highest BCUT2D eigenvalue weighted by Gasteiger charge is 2.33. The second kappa shape index (κ2) is 14.1. The number of methoxy groups -OCH3 is 2. The lowest BCUT2D eigenvalue weighted by molar-refractivity contribution is -0.111. The number of benzene rings is 2. The van der Waals surface area contributed by atoms with Gasteiger partial charge in [-0.1, -0.05) is 36.7 Å². The van der Waals surface area contributed by atoms with Gasteiger partial charge in [-0.15, -0.1) is 0 Å². The molecule has 0 aliphatic carbocycles. The van der Waals surface area contributed by atoms with E-state index in [-0.39, 0.29) is 5.91 Å². The first-order valence-corrected chi connectivity index (χ1v) is 15.8. The molecule has 2 aromatic carbocycles. The maximum absolute atomic E-state index is 12.4. The summed E-state index contributed by atoms with van der Waals surface area (Å²) in [4.78, 5) is 30.3. The predicted octanol–water partition coefficient (Wildman–Crippen LogP) is 5.94. The molecule has 0 atom stereocenters. The molecule has 0 radical (unpaired) electrons. The van der Waals surface area contributed by atoms with Crippen molar-refractivity contribution in [1.29, 1.82) is 0 Å². The van der Waals surface area contributed by atoms with Gasteiger partial charge in [-0.3, -0.25) is 4.79 Å². The lowest BCUT2D eigenvalue weighted by Crippen LogP contribution is -2.48. The highest BCUT2D eigenvalue weighted by atomic mass is 35.5. The maximum Gasteiger partial charge on any atom is 0.247 e. The topological polar surface area (TPSA) is 98.3 Å². The molecule has 0 bridgehead atoms. The zero-order chi connectivity index (χ0) is 32.2. The summed E-state index contributed by atoms with van der Waals surface area (Å²) < 4.78 is 10.9. The first-order chi connectivity index (χ1) is 21.7. The number of likely N-dealkylation sites (N-methyl/N-ethyl adjacent to an activating group) is 1. The monoisotopic (exact) mass is 670 g/mol. The second-order valence-corrected chi connectivity index (χ2v) is 11.5. The van der Waals surface area contributed by atoms with Crippen molar-refractivity contribution in [2.24, 2.45) is 0 Å². The van der Waals surface area contributed by atoms with E-state index in [1.807, 2.05) is 34.9 Å². The summed E-state index contributed by atoms with van der Waals surface area (Å²) in [6.07, 6.45) is 2.99. The van der Waals surface area contributed by atoms with Gasteiger partial charge in [0, 0.05) is 56.2 Å². The molecule has 3 aromatic rings. The molecule has 0 spiro atoms. The van der Waals surface area contributed by atoms with Gasteiger partial charge in [0.1, 0.15) is 27.4 Å². The molecule has 2 N–H and O–H groups in total. The highest BCUT2D eigenvalue weighted by Crippen LogP contribution is 2.48. The molecule has 2 aliphatic rings. The SMILES string of the molecule is C=CC(=O)Nc1cc(N2CCN(CC)CC2)ccc1Nc1ncc2c(n1)N(CC)C(=S)N(c1c(Cl)c(OC)cc(OC)c1Cl)C2. The fourth-order valence-electron chi connectivity index (χ4n) is 5.41. The third kappa shape index (κ3) is 6.60. The Hall–Kier alpha value is -3.84. The molecule has 0 saturated carbocycles. The summed E-state index contributed by atoms with van der Waals surface area (Å²) in [7, 11) is 3.05. The standard InChI is InChI=1S/C31H36Cl2N8O3S/c1-6-25(42)35-22-15-20(39-13-11-38(7-2)12-14-39)9-10-21(22)36-30-34-17-19-18-41(31(45)40(8-3)29(19)37-30)28-26(32)23(43-4)16-24(44-5)27(28)33/h6,9-10,15-17H,1,7-8,11-14,18H2,2-5H3,(H,35,42)(H,34,36,37). The van der Waals surface area contributed by atoms with Gasteiger partial charge in [0.25, 0.3) is 0 Å². The fraction of sp³-hybridized carbons (Fsp3) is 0.355. The average Bonchev–Trinajstić information content (AvgIpc) is 3.06. The molecule has 1 amide bonds. The van der Waals surface area contributed by atoms with E-state index in [1.54, 1.807) is 12.3 Å². The van der Waals surface area contributed by atoms with E-state index in [4.69, 9.17) is 49.9 Å². The fourth-order valence-corrected chi connectivity index (χ4v) is 6.49. The van der Waals surface area contributed by atoms with Crippen LogP contribution in [-0.4, -0.2) is 79.4 Å². The number of ether oxygens (including phenoxy) is 2. The van der Waals surface area contributed by atoms with Crippen molar-refractivity contribution in [2.45, 2.75) is 20.4 Å². The highest BCUT2D eigenvalue weighted by molar-refractivity contribution is 7.80. The third-order valence-electron chi connectivity index (χ3n) is 7.90. The van der Waals surface area contributed by atoms with Gasteiger partial charge in [0.15, 0.2) is 5.11 Å². The van der Waals surface area contributed by atoms with Crippen molar-refractivity contribution in [1.82, 2.24) is 14.9 Å². The molecule has 14 heteroatoms. The van der Waals surface area contributed by atoms with Crippen molar-refractivity contribution in [3.8, 4) is 11.5 Å². The molecule has 5 rings (SSSR count). The summed E-state index contributed by atoms with van der Waals surface area (Å²) in [5, 5.41) is 7.31. The Morgan fingerprint density at radius 2 is 1.73 bits per heavy atom. The number of anilines is 6. The van der Waals surface area contributed by atoms with E-state index in [1.165, 1.54) is 20.3 Å². The van der Waals surface area contributed by atoms with E-state index in [2.05, 4.69) is 38.9 Å². The normalized spacial score (nSPS) is 15.1. The van der Waals surface area contributed by atoms with E-state index >= 15 is 0 Å². The number of thiocarbonyl (C=S) groups is 1. The van der Waals surface area contributed by atoms with Crippen LogP contribution in [0, 0.1) is 0 Å². The number of hydrogen-bond acceptors (Lipinski definition) is 9. The number of piperazine rings is 1. The smallest absolute Gasteiger partial charge is 0.247 e. The van der Waals surface area contributed by atoms with Crippen LogP contribution in [0.1, 0.15) is 19.4 Å². The van der Waals surface area contributed by atoms with Crippen molar-refractivity contribution >= 4 is 81.0 Å². The van der Waals surface area contributed by atoms with E-state index in [0.29, 0.717) is 68.6 Å². The first-order valence-electron chi connectivity index (χ1n) is 14.6. The summed E-state index contributed by atoms with van der Waals surface area (Å²) in [6.45, 7) is 13.4. The van der Waals surface area contributed by atoms with Crippen LogP contribution in [0.15, 0.2) is 43.1 Å². The molecular formula is C31H36Cl2N8O3S. The Morgan fingerprint density at radius 1 is 1.04 bits per heavy atom. The number of carbonyl (C=O) groups excluding carboxylic acids is 1. The molecule has 2 aliphatic heterocycles. The number of carbonyl (C=O) groups is 1. The summed E-state index contributed by atoms with van der Waals surface area (Å²) in [5.74, 6) is 1.51. The van der Waals surface area contributed by atoms with E-state index in [9.17, 15) is 4.79 Å². The molecule has 1 fully saturated rings. The molecule has 238 valence electrons. The molecule has 45 heavy (non-hydrogen) atoms. The Kier molecular flexibility index (Phi) is 10.2. The Morgan fingerprint density at radius 3 is 2.33 bits per heavy atom. The van der Waals surface area contributed by atoms with Gasteiger partial charge in [-0.25, -0.2) is 4.98 Å². The van der Waals surface area contributed by atoms with Crippen molar-refractivity contribution in [3.05, 3.63) is 58.7 Å². The van der Waals surface area contributed by atoms with Gasteiger partial charge in [0.2, 0.25) is 11.9 Å². The van der Waals surface area contributed by atoms with Crippen molar-refractivity contribution in [2.75, 3.05) is 78.8 Å². The maximum atomic E-state index is 12.4. The van der Waals surface area contributed by atoms with Crippen LogP contribution in [-0.2, 0) is 11.3 Å². The van der Waals surface area contributed by atoms with Crippen LogP contribution >= 0.6 is 35.4 Å². The number of rotatable bonds is 10. The number of fused-ring (bicyclic) bond motifs is 1. The van der Waals surface area contributed by atoms with Crippen LogP contribution in [0.25, 0.3) is 0 Å². The molecule has 3 heterocycles. The molecule has 1 aromatic heterocycles. The van der Waals surface area contributed by atoms with Crippen LogP contribution in [0.3, 0.4) is 0 Å². The average molecular weight is 672 g/mol. The number of nitrogens with zero attached hydrogens (tertiary/aromatic N) is 6. The Bertz CT molecular complexity index is 1590. The molecule has 0 unspecified atom stereocenters. The number of nitrogens with one attached hydrogen (secondary N) is 2. The predicted molar refractivity (Wildman–Crippen MR) is 186 cm³/mol. The lowest BCUT2D eigenvalue weighted by atomic mass is 10.1. The number of amides is 1. The third-order valence-corrected chi connectivity index (χ3v) is 9.07. The summed E-state index contributed by atoms with van der Waals surface area (Å²) >= 11 is 19.4. The largest absolute Gasteiger partial charge is 0.495 e. The number of hydrogen-bond donors (Lipinski definition) is 2. The minimum absolute atomic E-state index is 0.313. The van der Waals surface area contributed by atoms with E-state index < -0.39 is 0 Å². The van der Waals surface area contributed by atoms with Gasteiger partial charge in [0.05, 0.1) is 37.8 Å². The van der Waals surface area contributed by atoms with Crippen LogP contribution in [0.2, 0.25) is 10.0 Å². The molecule has 11 nitrogen and oxygen atoms in total.